The molecule has 0 unspecified atom stereocenters. The first kappa shape index (κ1) is 31.5. The Morgan fingerprint density at radius 2 is 1.37 bits per heavy atom. The monoisotopic (exact) mass is 616 g/mol. The molecular weight excluding hydrogens is 576 g/mol. The Balaban J connectivity index is 1.48. The first-order valence-corrected chi connectivity index (χ1v) is 16.3. The van der Waals surface area contributed by atoms with Crippen LogP contribution in [0.1, 0.15) is 53.3 Å². The molecule has 1 saturated heterocycles. The number of methoxy groups -OCH3 is 2. The molecule has 1 aliphatic heterocycles. The van der Waals surface area contributed by atoms with E-state index in [0.717, 1.165) is 39.6 Å². The van der Waals surface area contributed by atoms with Gasteiger partial charge in [0.15, 0.2) is 0 Å². The lowest BCUT2D eigenvalue weighted by Crippen LogP contribution is -2.48. The molecule has 0 saturated carbocycles. The number of rotatable bonds is 12. The van der Waals surface area contributed by atoms with Crippen molar-refractivity contribution in [1.82, 2.24) is 0 Å². The Hall–Kier alpha value is -2.96. The summed E-state index contributed by atoms with van der Waals surface area (Å²) in [7, 11) is 3.35. The van der Waals surface area contributed by atoms with Crippen LogP contribution in [-0.4, -0.2) is 31.7 Å². The molecule has 4 nitrogen and oxygen atoms in total. The molecule has 4 aromatic carbocycles. The lowest BCUT2D eigenvalue weighted by Gasteiger charge is -2.45. The standard InChI is InChI=1S/C37H41ClO4S/c1-5-34-25(2)35(41-23-26-12-8-6-9-13-26)36(42-24-27-14-10-7-11-15-27)37(43-34)29-17-19-32(38)30(21-29)20-28-16-18-31(39-3)22-33(28)40-4/h6-19,21-22,25,34-37H,5,20,23-24H2,1-4H3/t25-,34-,35+,36-,37+/m1/s1. The molecule has 5 rings (SSSR count). The summed E-state index contributed by atoms with van der Waals surface area (Å²) in [6.07, 6.45) is 1.49. The van der Waals surface area contributed by atoms with Gasteiger partial charge in [-0.2, -0.15) is 0 Å². The molecule has 0 N–H and O–H groups in total. The van der Waals surface area contributed by atoms with Gasteiger partial charge < -0.3 is 18.9 Å². The molecule has 0 amide bonds. The van der Waals surface area contributed by atoms with Crippen LogP contribution in [0.2, 0.25) is 5.02 Å². The van der Waals surface area contributed by atoms with Crippen LogP contribution in [0, 0.1) is 5.92 Å². The Bertz CT molecular complexity index is 1450. The molecule has 5 atom stereocenters. The summed E-state index contributed by atoms with van der Waals surface area (Å²) in [5.41, 5.74) is 5.63. The topological polar surface area (TPSA) is 36.9 Å². The van der Waals surface area contributed by atoms with Gasteiger partial charge in [-0.15, -0.1) is 11.8 Å². The quantitative estimate of drug-likeness (QED) is 0.158. The van der Waals surface area contributed by atoms with Crippen molar-refractivity contribution >= 4 is 23.4 Å². The van der Waals surface area contributed by atoms with Gasteiger partial charge in [0.2, 0.25) is 0 Å². The van der Waals surface area contributed by atoms with Crippen molar-refractivity contribution in [3.63, 3.8) is 0 Å². The predicted octanol–water partition coefficient (Wildman–Crippen LogP) is 9.32. The highest BCUT2D eigenvalue weighted by Crippen LogP contribution is 2.49. The number of halogens is 1. The molecule has 1 heterocycles. The van der Waals surface area contributed by atoms with Crippen LogP contribution in [0.5, 0.6) is 11.5 Å². The molecule has 0 aromatic heterocycles. The van der Waals surface area contributed by atoms with Crippen molar-refractivity contribution in [2.24, 2.45) is 5.92 Å². The number of thioether (sulfide) groups is 1. The second kappa shape index (κ2) is 15.2. The minimum atomic E-state index is -0.142. The highest BCUT2D eigenvalue weighted by molar-refractivity contribution is 8.00. The van der Waals surface area contributed by atoms with Gasteiger partial charge in [-0.1, -0.05) is 104 Å². The second-order valence-electron chi connectivity index (χ2n) is 11.1. The smallest absolute Gasteiger partial charge is 0.126 e. The van der Waals surface area contributed by atoms with Crippen molar-refractivity contribution in [1.29, 1.82) is 0 Å². The number of benzene rings is 4. The first-order chi connectivity index (χ1) is 21.0. The molecule has 226 valence electrons. The molecule has 0 aliphatic carbocycles. The lowest BCUT2D eigenvalue weighted by atomic mass is 9.89. The average molecular weight is 617 g/mol. The third-order valence-corrected chi connectivity index (χ3v) is 10.6. The maximum absolute atomic E-state index is 6.84. The van der Waals surface area contributed by atoms with E-state index in [9.17, 15) is 0 Å². The molecule has 4 aromatic rings. The molecular formula is C37H41ClO4S. The average Bonchev–Trinajstić information content (AvgIpc) is 3.05. The van der Waals surface area contributed by atoms with E-state index in [-0.39, 0.29) is 17.5 Å². The third-order valence-electron chi connectivity index (χ3n) is 8.29. The van der Waals surface area contributed by atoms with E-state index in [1.807, 2.05) is 48.2 Å². The summed E-state index contributed by atoms with van der Waals surface area (Å²) < 4.78 is 24.7. The van der Waals surface area contributed by atoms with Crippen LogP contribution in [0.15, 0.2) is 97.1 Å². The zero-order valence-electron chi connectivity index (χ0n) is 25.4. The normalized spacial score (nSPS) is 21.8. The second-order valence-corrected chi connectivity index (χ2v) is 12.9. The van der Waals surface area contributed by atoms with Gasteiger partial charge in [0.1, 0.15) is 17.6 Å². The summed E-state index contributed by atoms with van der Waals surface area (Å²) in [5, 5.41) is 1.25. The molecule has 6 heteroatoms. The Morgan fingerprint density at radius 1 is 0.721 bits per heavy atom. The van der Waals surface area contributed by atoms with Crippen LogP contribution in [0.25, 0.3) is 0 Å². The number of ether oxygens (including phenoxy) is 4. The van der Waals surface area contributed by atoms with E-state index in [4.69, 9.17) is 30.5 Å². The van der Waals surface area contributed by atoms with E-state index in [0.29, 0.717) is 30.8 Å². The van der Waals surface area contributed by atoms with E-state index >= 15 is 0 Å². The fourth-order valence-corrected chi connectivity index (χ4v) is 7.73. The molecule has 0 radical (unpaired) electrons. The lowest BCUT2D eigenvalue weighted by molar-refractivity contribution is -0.112. The largest absolute Gasteiger partial charge is 0.497 e. The van der Waals surface area contributed by atoms with E-state index in [1.165, 1.54) is 11.1 Å². The van der Waals surface area contributed by atoms with E-state index in [2.05, 4.69) is 74.5 Å². The van der Waals surface area contributed by atoms with Crippen LogP contribution in [0.3, 0.4) is 0 Å². The molecule has 0 bridgehead atoms. The minimum Gasteiger partial charge on any atom is -0.497 e. The van der Waals surface area contributed by atoms with Crippen molar-refractivity contribution in [2.45, 2.75) is 62.6 Å². The Morgan fingerprint density at radius 3 is 1.98 bits per heavy atom. The molecule has 1 aliphatic rings. The molecule has 43 heavy (non-hydrogen) atoms. The summed E-state index contributed by atoms with van der Waals surface area (Å²) in [4.78, 5) is 0. The maximum atomic E-state index is 6.84. The SMILES string of the molecule is CC[C@H]1S[C@@H](c2ccc(Cl)c(Cc3ccc(OC)cc3OC)c2)[C@H](OCc2ccccc2)[C@@H](OCc2ccccc2)[C@@H]1C. The van der Waals surface area contributed by atoms with E-state index < -0.39 is 0 Å². The van der Waals surface area contributed by atoms with Gasteiger partial charge in [0, 0.05) is 22.8 Å². The van der Waals surface area contributed by atoms with Gasteiger partial charge in [-0.25, -0.2) is 0 Å². The Labute approximate surface area is 265 Å². The number of hydrogen-bond donors (Lipinski definition) is 0. The highest BCUT2D eigenvalue weighted by atomic mass is 35.5. The van der Waals surface area contributed by atoms with Crippen molar-refractivity contribution in [2.75, 3.05) is 14.2 Å². The van der Waals surface area contributed by atoms with Gasteiger partial charge in [0.05, 0.1) is 38.8 Å². The van der Waals surface area contributed by atoms with Gasteiger partial charge in [-0.3, -0.25) is 0 Å². The van der Waals surface area contributed by atoms with Crippen molar-refractivity contribution < 1.29 is 18.9 Å². The van der Waals surface area contributed by atoms with Gasteiger partial charge in [-0.05, 0) is 52.3 Å². The zero-order chi connectivity index (χ0) is 30.2. The summed E-state index contributed by atoms with van der Waals surface area (Å²) in [6, 6.07) is 33.1. The Kier molecular flexibility index (Phi) is 11.1. The van der Waals surface area contributed by atoms with Crippen LogP contribution >= 0.6 is 23.4 Å². The number of hydrogen-bond acceptors (Lipinski definition) is 5. The summed E-state index contributed by atoms with van der Waals surface area (Å²) in [6.45, 7) is 5.67. The third kappa shape index (κ3) is 7.77. The van der Waals surface area contributed by atoms with Crippen LogP contribution < -0.4 is 9.47 Å². The highest BCUT2D eigenvalue weighted by Gasteiger charge is 2.45. The molecule has 0 spiro atoms. The predicted molar refractivity (Wildman–Crippen MR) is 177 cm³/mol. The van der Waals surface area contributed by atoms with Crippen LogP contribution in [-0.2, 0) is 29.1 Å². The van der Waals surface area contributed by atoms with Gasteiger partial charge >= 0.3 is 0 Å². The van der Waals surface area contributed by atoms with Crippen molar-refractivity contribution in [3.8, 4) is 11.5 Å². The van der Waals surface area contributed by atoms with Crippen molar-refractivity contribution in [3.05, 3.63) is 130 Å². The van der Waals surface area contributed by atoms with Gasteiger partial charge in [0.25, 0.3) is 0 Å². The van der Waals surface area contributed by atoms with Crippen LogP contribution in [0.4, 0.5) is 0 Å². The zero-order valence-corrected chi connectivity index (χ0v) is 26.9. The van der Waals surface area contributed by atoms with E-state index in [1.54, 1.807) is 14.2 Å². The summed E-state index contributed by atoms with van der Waals surface area (Å²) >= 11 is 8.82. The molecule has 1 fully saturated rings. The maximum Gasteiger partial charge on any atom is 0.126 e. The summed E-state index contributed by atoms with van der Waals surface area (Å²) in [5.74, 6) is 1.87. The first-order valence-electron chi connectivity index (χ1n) is 15.0. The fourth-order valence-electron chi connectivity index (χ4n) is 5.88. The minimum absolute atomic E-state index is 0.0686. The fraction of sp³-hybridized carbons (Fsp3) is 0.351.